The van der Waals surface area contributed by atoms with Crippen LogP contribution in [0.5, 0.6) is 5.75 Å². The summed E-state index contributed by atoms with van der Waals surface area (Å²) in [5.41, 5.74) is 11.9. The number of imide groups is 1. The molecule has 5 heterocycles. The van der Waals surface area contributed by atoms with Crippen LogP contribution in [0.4, 0.5) is 4.79 Å². The molecule has 0 aromatic heterocycles. The summed E-state index contributed by atoms with van der Waals surface area (Å²) in [6.07, 6.45) is 2.45. The van der Waals surface area contributed by atoms with Gasteiger partial charge in [0, 0.05) is 12.1 Å². The van der Waals surface area contributed by atoms with Gasteiger partial charge in [0.2, 0.25) is 5.91 Å². The monoisotopic (exact) mass is 599 g/mol. The number of guanidine groups is 2. The van der Waals surface area contributed by atoms with E-state index < -0.39 is 41.5 Å². The maximum atomic E-state index is 13.6. The van der Waals surface area contributed by atoms with E-state index >= 15 is 0 Å². The molecule has 0 radical (unpaired) electrons. The van der Waals surface area contributed by atoms with Gasteiger partial charge in [-0.05, 0) is 24.3 Å². The number of urea groups is 1. The number of nitrogens with zero attached hydrogens (tertiary/aromatic N) is 3. The van der Waals surface area contributed by atoms with E-state index in [4.69, 9.17) is 16.2 Å². The lowest BCUT2D eigenvalue weighted by Crippen LogP contribution is -2.92. The first-order valence-electron chi connectivity index (χ1n) is 14.8. The van der Waals surface area contributed by atoms with E-state index in [-0.39, 0.29) is 48.4 Å². The molecule has 0 saturated carbocycles. The topological polar surface area (TPSA) is 212 Å². The van der Waals surface area contributed by atoms with Crippen LogP contribution >= 0.6 is 0 Å². The summed E-state index contributed by atoms with van der Waals surface area (Å²) in [5, 5.41) is 32.5. The minimum Gasteiger partial charge on any atom is -0.492 e. The second kappa shape index (κ2) is 9.98. The van der Waals surface area contributed by atoms with Crippen LogP contribution in [0, 0.1) is 0 Å². The van der Waals surface area contributed by atoms with Gasteiger partial charge in [-0.1, -0.05) is 39.3 Å². The third kappa shape index (κ3) is 4.27. The fraction of sp³-hybridized carbons (Fsp3) is 0.607. The number of hydrogen-bond acceptors (Lipinski definition) is 10. The van der Waals surface area contributed by atoms with Crippen LogP contribution in [-0.2, 0) is 10.2 Å². The van der Waals surface area contributed by atoms with Crippen LogP contribution in [0.15, 0.2) is 18.2 Å². The van der Waals surface area contributed by atoms with Gasteiger partial charge in [-0.15, -0.1) is 0 Å². The number of para-hydroxylation sites is 1. The number of nitrogens with one attached hydrogen (secondary N) is 4. The molecule has 0 bridgehead atoms. The van der Waals surface area contributed by atoms with E-state index in [1.807, 2.05) is 13.0 Å². The number of carbonyl (C=O) groups is 3. The summed E-state index contributed by atoms with van der Waals surface area (Å²) in [5.74, 6) is -2.91. The molecule has 0 aliphatic carbocycles. The highest BCUT2D eigenvalue weighted by Crippen LogP contribution is 2.41. The molecule has 15 heteroatoms. The lowest BCUT2D eigenvalue weighted by Gasteiger charge is -2.41. The van der Waals surface area contributed by atoms with E-state index in [0.29, 0.717) is 18.9 Å². The minimum absolute atomic E-state index is 0.0191. The van der Waals surface area contributed by atoms with Crippen molar-refractivity contribution in [2.75, 3.05) is 32.8 Å². The fourth-order valence-corrected chi connectivity index (χ4v) is 7.07. The molecular weight excluding hydrogens is 558 g/mol. The summed E-state index contributed by atoms with van der Waals surface area (Å²) in [4.78, 5) is 45.2. The third-order valence-electron chi connectivity index (χ3n) is 9.51. The number of benzene rings is 1. The Kier molecular flexibility index (Phi) is 6.73. The summed E-state index contributed by atoms with van der Waals surface area (Å²) in [6, 6.07) is 2.08. The molecule has 4 atom stereocenters. The molecule has 4 amide bonds. The van der Waals surface area contributed by atoms with Crippen LogP contribution in [0.1, 0.15) is 56.0 Å². The van der Waals surface area contributed by atoms with Gasteiger partial charge in [0.25, 0.3) is 17.4 Å². The van der Waals surface area contributed by atoms with Crippen LogP contribution in [-0.4, -0.2) is 117 Å². The lowest BCUT2D eigenvalue weighted by atomic mass is 9.79. The Hall–Kier alpha value is -4.11. The van der Waals surface area contributed by atoms with Crippen LogP contribution in [0.3, 0.4) is 0 Å². The molecule has 2 unspecified atom stereocenters. The Morgan fingerprint density at radius 3 is 2.79 bits per heavy atom. The SMILES string of the molecule is CCCCN1CC(=O)N(C[C@@H]2NC(N)=[N+]3CC(NC(=O)c4cccc5c4OCCC5(C)C)C(O)(O)C34NC(N)=[NH+][C@@H]24)C1=O. The van der Waals surface area contributed by atoms with Gasteiger partial charge in [0.1, 0.15) is 24.4 Å². The maximum absolute atomic E-state index is 13.6. The van der Waals surface area contributed by atoms with Crippen molar-refractivity contribution in [2.45, 2.75) is 75.0 Å². The van der Waals surface area contributed by atoms with Gasteiger partial charge < -0.3 is 25.2 Å². The second-order valence-electron chi connectivity index (χ2n) is 12.7. The molecule has 5 aliphatic rings. The quantitative estimate of drug-likeness (QED) is 0.0863. The molecule has 232 valence electrons. The van der Waals surface area contributed by atoms with Gasteiger partial charge in [0.15, 0.2) is 6.04 Å². The largest absolute Gasteiger partial charge is 0.492 e. The lowest BCUT2D eigenvalue weighted by molar-refractivity contribution is -0.674. The van der Waals surface area contributed by atoms with Crippen LogP contribution in [0.2, 0.25) is 0 Å². The zero-order valence-electron chi connectivity index (χ0n) is 24.6. The molecule has 43 heavy (non-hydrogen) atoms. The summed E-state index contributed by atoms with van der Waals surface area (Å²) >= 11 is 0. The van der Waals surface area contributed by atoms with E-state index in [1.54, 1.807) is 12.1 Å². The van der Waals surface area contributed by atoms with Gasteiger partial charge in [-0.25, -0.2) is 14.7 Å². The first-order valence-corrected chi connectivity index (χ1v) is 14.8. The van der Waals surface area contributed by atoms with Crippen molar-refractivity contribution in [2.24, 2.45) is 11.5 Å². The average Bonchev–Trinajstić information content (AvgIpc) is 3.52. The van der Waals surface area contributed by atoms with Crippen molar-refractivity contribution in [3.8, 4) is 5.75 Å². The van der Waals surface area contributed by atoms with Crippen molar-refractivity contribution in [1.29, 1.82) is 0 Å². The van der Waals surface area contributed by atoms with E-state index in [0.717, 1.165) is 29.7 Å². The summed E-state index contributed by atoms with van der Waals surface area (Å²) in [7, 11) is 0. The molecule has 15 nitrogen and oxygen atoms in total. The normalized spacial score (nSPS) is 30.2. The Balaban J connectivity index is 1.28. The third-order valence-corrected chi connectivity index (χ3v) is 9.51. The fourth-order valence-electron chi connectivity index (χ4n) is 7.07. The highest BCUT2D eigenvalue weighted by Gasteiger charge is 2.78. The zero-order chi connectivity index (χ0) is 30.9. The molecule has 5 aliphatic heterocycles. The number of unbranched alkanes of at least 4 members (excludes halogenated alkanes) is 1. The molecule has 1 aromatic rings. The van der Waals surface area contributed by atoms with Crippen LogP contribution in [0.25, 0.3) is 0 Å². The van der Waals surface area contributed by atoms with Gasteiger partial charge >= 0.3 is 18.0 Å². The van der Waals surface area contributed by atoms with E-state index in [9.17, 15) is 24.6 Å². The van der Waals surface area contributed by atoms with Crippen molar-refractivity contribution >= 4 is 29.8 Å². The molecule has 1 spiro atoms. The van der Waals surface area contributed by atoms with E-state index in [1.165, 1.54) is 9.48 Å². The number of nitrogens with two attached hydrogens (primary N) is 2. The van der Waals surface area contributed by atoms with Gasteiger partial charge in [-0.3, -0.25) is 36.3 Å². The second-order valence-corrected chi connectivity index (χ2v) is 12.7. The molecular formula is C28H41N9O6+2. The predicted molar refractivity (Wildman–Crippen MR) is 153 cm³/mol. The highest BCUT2D eigenvalue weighted by molar-refractivity contribution is 6.02. The summed E-state index contributed by atoms with van der Waals surface area (Å²) in [6.45, 7) is 6.90. The number of ether oxygens (including phenoxy) is 1. The van der Waals surface area contributed by atoms with Crippen molar-refractivity contribution in [3.63, 3.8) is 0 Å². The molecule has 6 rings (SSSR count). The highest BCUT2D eigenvalue weighted by atomic mass is 16.5. The van der Waals surface area contributed by atoms with Gasteiger partial charge in [0.05, 0.1) is 25.3 Å². The van der Waals surface area contributed by atoms with Crippen molar-refractivity contribution < 1.29 is 38.9 Å². The zero-order valence-corrected chi connectivity index (χ0v) is 24.6. The standard InChI is InChI=1S/C28H39N9O6/c1-4-5-10-35-14-19(38)36(25(35)40)12-17-21-27(34-23(29)33-21)28(41,42)18(13-37(27)24(30)31-17)32-22(39)15-7-6-8-16-20(15)43-11-9-26(16,2)3/h6-8,17-18,21,41-42H,4-5,9-14H2,1-3H3,(H6,29,30,31,32,33,34,39)/p+2/t17-,18?,21-,27?/m0/s1. The van der Waals surface area contributed by atoms with Crippen molar-refractivity contribution in [1.82, 2.24) is 25.8 Å². The first-order chi connectivity index (χ1) is 20.3. The first kappa shape index (κ1) is 29.0. The van der Waals surface area contributed by atoms with Crippen molar-refractivity contribution in [3.05, 3.63) is 29.3 Å². The average molecular weight is 600 g/mol. The summed E-state index contributed by atoms with van der Waals surface area (Å²) < 4.78 is 7.42. The smallest absolute Gasteiger partial charge is 0.347 e. The van der Waals surface area contributed by atoms with E-state index in [2.05, 4.69) is 34.8 Å². The maximum Gasteiger partial charge on any atom is 0.347 e. The number of rotatable bonds is 7. The van der Waals surface area contributed by atoms with Gasteiger partial charge in [-0.2, -0.15) is 0 Å². The number of carbonyl (C=O) groups excluding carboxylic acids is 3. The number of aliphatic hydroxyl groups is 2. The Morgan fingerprint density at radius 2 is 2.05 bits per heavy atom. The molecule has 1 aromatic carbocycles. The Labute approximate surface area is 248 Å². The van der Waals surface area contributed by atoms with Crippen LogP contribution < -0.4 is 37.1 Å². The predicted octanol–water partition coefficient (Wildman–Crippen LogP) is -4.03. The number of amides is 4. The molecule has 2 fully saturated rings. The minimum atomic E-state index is -2.62. The molecule has 10 N–H and O–H groups in total. The molecule has 2 saturated heterocycles. The number of hydrogen-bond donors (Lipinski definition) is 8. The number of fused-ring (bicyclic) bond motifs is 1. The Bertz CT molecular complexity index is 1440. The Morgan fingerprint density at radius 1 is 1.28 bits per heavy atom.